The fourth-order valence-corrected chi connectivity index (χ4v) is 12.9. The van der Waals surface area contributed by atoms with Gasteiger partial charge in [-0.15, -0.1) is 0 Å². The van der Waals surface area contributed by atoms with Gasteiger partial charge in [-0.2, -0.15) is 0 Å². The number of rotatable bonds is 73. The molecule has 0 aliphatic heterocycles. The molecule has 0 aliphatic rings. The lowest BCUT2D eigenvalue weighted by Gasteiger charge is -2.05. The Kier molecular flexibility index (Phi) is 75.0. The van der Waals surface area contributed by atoms with E-state index in [-0.39, 0.29) is 0 Å². The highest BCUT2D eigenvalue weighted by Gasteiger charge is 2.01. The summed E-state index contributed by atoms with van der Waals surface area (Å²) in [4.78, 5) is 0. The second-order valence-electron chi connectivity index (χ2n) is 26.5. The molecule has 0 amide bonds. The lowest BCUT2D eigenvalue weighted by Crippen LogP contribution is -1.85. The van der Waals surface area contributed by atoms with Gasteiger partial charge >= 0.3 is 0 Å². The van der Waals surface area contributed by atoms with Crippen molar-refractivity contribution in [3.05, 3.63) is 0 Å². The Morgan fingerprint density at radius 3 is 0.145 bits per heavy atom. The van der Waals surface area contributed by atoms with Crippen LogP contribution in [0.2, 0.25) is 0 Å². The van der Waals surface area contributed by atoms with Crippen LogP contribution in [-0.2, 0) is 0 Å². The minimum Gasteiger partial charge on any atom is -0.0654 e. The van der Waals surface area contributed by atoms with Crippen LogP contribution in [0.25, 0.3) is 0 Å². The fraction of sp³-hybridized carbons (Fsp3) is 1.00. The first-order chi connectivity index (χ1) is 37.9. The molecule has 0 fully saturated rings. The molecule has 0 rings (SSSR count). The lowest BCUT2D eigenvalue weighted by atomic mass is 10.0. The Morgan fingerprint density at radius 2 is 0.105 bits per heavy atom. The molecule has 0 aromatic rings. The summed E-state index contributed by atoms with van der Waals surface area (Å²) in [5.41, 5.74) is 0. The van der Waals surface area contributed by atoms with Crippen LogP contribution in [0.4, 0.5) is 0 Å². The molecule has 0 heteroatoms. The van der Waals surface area contributed by atoms with Crippen LogP contribution in [0.1, 0.15) is 489 Å². The highest BCUT2D eigenvalue weighted by molar-refractivity contribution is 4.57. The van der Waals surface area contributed by atoms with Gasteiger partial charge in [0.15, 0.2) is 0 Å². The Hall–Kier alpha value is 0. The highest BCUT2D eigenvalue weighted by Crippen LogP contribution is 2.21. The monoisotopic (exact) mass is 1070 g/mol. The van der Waals surface area contributed by atoms with Gasteiger partial charge in [0, 0.05) is 0 Å². The van der Waals surface area contributed by atoms with E-state index in [9.17, 15) is 0 Å². The van der Waals surface area contributed by atoms with E-state index >= 15 is 0 Å². The normalized spacial score (nSPS) is 11.8. The van der Waals surface area contributed by atoms with Crippen molar-refractivity contribution in [2.24, 2.45) is 0 Å². The second kappa shape index (κ2) is 75.0. The summed E-state index contributed by atoms with van der Waals surface area (Å²) >= 11 is 0. The molecular weight excluding hydrogens is 913 g/mol. The molecule has 0 N–H and O–H groups in total. The van der Waals surface area contributed by atoms with Gasteiger partial charge in [-0.25, -0.2) is 0 Å². The number of hydrogen-bond donors (Lipinski definition) is 0. The smallest absolute Gasteiger partial charge is 0.0533 e. The second-order valence-corrected chi connectivity index (χ2v) is 26.5. The van der Waals surface area contributed by atoms with E-state index in [1.165, 1.54) is 475 Å². The predicted octanol–water partition coefficient (Wildman–Crippen LogP) is 29.9. The first kappa shape index (κ1) is 76.0. The molecule has 76 heavy (non-hydrogen) atoms. The molecule has 0 spiro atoms. The third kappa shape index (κ3) is 74.0. The van der Waals surface area contributed by atoms with Crippen LogP contribution in [0.5, 0.6) is 0 Å². The van der Waals surface area contributed by atoms with Crippen LogP contribution >= 0.6 is 0 Å². The van der Waals surface area contributed by atoms with Gasteiger partial charge in [-0.05, 0) is 0 Å². The molecule has 0 aromatic carbocycles. The Balaban J connectivity index is 3.07. The molecule has 0 nitrogen and oxygen atoms in total. The van der Waals surface area contributed by atoms with Crippen molar-refractivity contribution in [2.45, 2.75) is 489 Å². The van der Waals surface area contributed by atoms with E-state index in [0.717, 1.165) is 0 Å². The van der Waals surface area contributed by atoms with Crippen molar-refractivity contribution in [3.63, 3.8) is 0 Å². The van der Waals surface area contributed by atoms with Crippen molar-refractivity contribution in [2.75, 3.05) is 0 Å². The minimum absolute atomic E-state index is 1.37. The number of hydrogen-bond acceptors (Lipinski definition) is 0. The highest BCUT2D eigenvalue weighted by atomic mass is 14.1. The minimum atomic E-state index is 1.37. The number of unbranched alkanes of at least 4 members (excludes halogenated alkanes) is 73. The summed E-state index contributed by atoms with van der Waals surface area (Å²) in [6.07, 6.45) is 110. The van der Waals surface area contributed by atoms with Gasteiger partial charge in [-0.1, -0.05) is 489 Å². The summed E-state index contributed by atoms with van der Waals surface area (Å²) < 4.78 is 0. The summed E-state index contributed by atoms with van der Waals surface area (Å²) in [6, 6.07) is 0. The molecule has 0 atom stereocenters. The molecule has 458 valence electrons. The third-order valence-corrected chi connectivity index (χ3v) is 18.5. The quantitative estimate of drug-likeness (QED) is 0.0533. The SMILES string of the molecule is CCCCCCCCCCCCCCCCCCCCCCCCCCCCCCCCCCCCCCCCCCCCCCCCCCCCCCCCCCCCCCCCCCCCCCCCCCCC. The lowest BCUT2D eigenvalue weighted by molar-refractivity contribution is 0.506. The van der Waals surface area contributed by atoms with E-state index in [1.54, 1.807) is 0 Å². The van der Waals surface area contributed by atoms with Crippen LogP contribution in [-0.4, -0.2) is 0 Å². The molecule has 0 radical (unpaired) electrons. The summed E-state index contributed by atoms with van der Waals surface area (Å²) in [5.74, 6) is 0. The van der Waals surface area contributed by atoms with Crippen LogP contribution in [0.3, 0.4) is 0 Å². The average Bonchev–Trinajstić information content (AvgIpc) is 3.43. The maximum absolute atomic E-state index is 2.32. The molecule has 0 aliphatic carbocycles. The zero-order valence-electron chi connectivity index (χ0n) is 54.3. The zero-order chi connectivity index (χ0) is 54.3. The fourth-order valence-electron chi connectivity index (χ4n) is 12.9. The molecule has 0 heterocycles. The molecular formula is C76H154. The van der Waals surface area contributed by atoms with Crippen molar-refractivity contribution in [1.82, 2.24) is 0 Å². The van der Waals surface area contributed by atoms with Crippen LogP contribution < -0.4 is 0 Å². The molecule has 0 saturated heterocycles. The average molecular weight is 1070 g/mol. The van der Waals surface area contributed by atoms with Gasteiger partial charge in [0.2, 0.25) is 0 Å². The maximum Gasteiger partial charge on any atom is -0.0533 e. The van der Waals surface area contributed by atoms with Crippen molar-refractivity contribution >= 4 is 0 Å². The molecule has 0 saturated carbocycles. The van der Waals surface area contributed by atoms with Gasteiger partial charge in [-0.3, -0.25) is 0 Å². The topological polar surface area (TPSA) is 0 Å². The van der Waals surface area contributed by atoms with Crippen molar-refractivity contribution in [3.8, 4) is 0 Å². The summed E-state index contributed by atoms with van der Waals surface area (Å²) in [5, 5.41) is 0. The van der Waals surface area contributed by atoms with E-state index in [2.05, 4.69) is 13.8 Å². The van der Waals surface area contributed by atoms with E-state index < -0.39 is 0 Å². The summed E-state index contributed by atoms with van der Waals surface area (Å²) in [6.45, 7) is 4.63. The molecule has 0 unspecified atom stereocenters. The summed E-state index contributed by atoms with van der Waals surface area (Å²) in [7, 11) is 0. The van der Waals surface area contributed by atoms with E-state index in [4.69, 9.17) is 0 Å². The van der Waals surface area contributed by atoms with Crippen molar-refractivity contribution < 1.29 is 0 Å². The first-order valence-corrected chi connectivity index (χ1v) is 37.9. The van der Waals surface area contributed by atoms with Gasteiger partial charge in [0.1, 0.15) is 0 Å². The van der Waals surface area contributed by atoms with Crippen molar-refractivity contribution in [1.29, 1.82) is 0 Å². The van der Waals surface area contributed by atoms with E-state index in [1.807, 2.05) is 0 Å². The van der Waals surface area contributed by atoms with E-state index in [0.29, 0.717) is 0 Å². The third-order valence-electron chi connectivity index (χ3n) is 18.5. The Bertz CT molecular complexity index is 845. The van der Waals surface area contributed by atoms with Gasteiger partial charge in [0.05, 0.1) is 0 Å². The molecule has 0 bridgehead atoms. The molecule has 0 aromatic heterocycles. The standard InChI is InChI=1S/C76H154/c1-3-5-7-9-11-13-15-17-19-21-23-25-27-29-31-33-35-37-39-41-43-45-47-49-51-53-55-57-59-61-63-65-67-69-71-73-75-76-74-72-70-68-66-64-62-60-58-56-54-52-50-48-46-44-42-40-38-36-34-32-30-28-26-24-22-20-18-16-14-12-10-8-6-4-2/h3-76H2,1-2H3. The first-order valence-electron chi connectivity index (χ1n) is 37.9. The Morgan fingerprint density at radius 1 is 0.0658 bits per heavy atom. The van der Waals surface area contributed by atoms with Crippen LogP contribution in [0.15, 0.2) is 0 Å². The largest absolute Gasteiger partial charge is 0.0654 e. The van der Waals surface area contributed by atoms with Crippen LogP contribution in [0, 0.1) is 0 Å². The predicted molar refractivity (Wildman–Crippen MR) is 353 cm³/mol. The zero-order valence-corrected chi connectivity index (χ0v) is 54.3. The Labute approximate surface area is 486 Å². The maximum atomic E-state index is 2.32. The van der Waals surface area contributed by atoms with Gasteiger partial charge < -0.3 is 0 Å². The van der Waals surface area contributed by atoms with Gasteiger partial charge in [0.25, 0.3) is 0 Å².